The van der Waals surface area contributed by atoms with E-state index in [0.29, 0.717) is 23.1 Å². The first-order valence-corrected chi connectivity index (χ1v) is 9.67. The fourth-order valence-corrected chi connectivity index (χ4v) is 3.43. The summed E-state index contributed by atoms with van der Waals surface area (Å²) in [7, 11) is 0. The van der Waals surface area contributed by atoms with Gasteiger partial charge in [-0.3, -0.25) is 14.6 Å². The maximum atomic E-state index is 12.2. The minimum Gasteiger partial charge on any atom is -0.457 e. The average molecular weight is 383 g/mol. The fourth-order valence-electron chi connectivity index (χ4n) is 2.44. The smallest absolute Gasteiger partial charge is 0.240 e. The number of hydrogen-bond acceptors (Lipinski definition) is 5. The lowest BCUT2D eigenvalue weighted by atomic mass is 10.2. The first kappa shape index (κ1) is 19.0. The molecule has 0 aromatic heterocycles. The van der Waals surface area contributed by atoms with Crippen LogP contribution in [0.15, 0.2) is 59.6 Å². The molecular weight excluding hydrogens is 362 g/mol. The topological polar surface area (TPSA) is 79.8 Å². The van der Waals surface area contributed by atoms with E-state index in [0.717, 1.165) is 12.2 Å². The molecule has 7 heteroatoms. The van der Waals surface area contributed by atoms with E-state index in [1.807, 2.05) is 37.3 Å². The van der Waals surface area contributed by atoms with Crippen molar-refractivity contribution in [3.63, 3.8) is 0 Å². The largest absolute Gasteiger partial charge is 0.457 e. The van der Waals surface area contributed by atoms with Gasteiger partial charge in [0.15, 0.2) is 5.17 Å². The van der Waals surface area contributed by atoms with Gasteiger partial charge in [-0.15, -0.1) is 0 Å². The minimum absolute atomic E-state index is 0.101. The highest BCUT2D eigenvalue weighted by Gasteiger charge is 2.31. The van der Waals surface area contributed by atoms with Gasteiger partial charge in [-0.2, -0.15) is 0 Å². The molecule has 0 radical (unpaired) electrons. The third kappa shape index (κ3) is 5.59. The summed E-state index contributed by atoms with van der Waals surface area (Å²) in [6.45, 7) is 2.69. The number of amides is 2. The Morgan fingerprint density at radius 1 is 1.15 bits per heavy atom. The molecule has 2 aromatic carbocycles. The fraction of sp³-hybridized carbons (Fsp3) is 0.250. The quantitative estimate of drug-likeness (QED) is 0.762. The molecule has 6 nitrogen and oxygen atoms in total. The molecule has 2 N–H and O–H groups in total. The second-order valence-corrected chi connectivity index (χ2v) is 7.17. The Kier molecular flexibility index (Phi) is 6.49. The standard InChI is InChI=1S/C20H21N3O3S/c1-2-12-21-20-23-19(25)17(27-20)13-18(24)22-14-8-10-16(11-9-14)26-15-6-4-3-5-7-15/h3-11,17H,2,12-13H2,1H3,(H,22,24)(H,21,23,25)/t17-/m0/s1. The number of aliphatic imine (C=N–C) groups is 1. The number of rotatable bonds is 7. The lowest BCUT2D eigenvalue weighted by Crippen LogP contribution is -2.28. The van der Waals surface area contributed by atoms with Crippen LogP contribution >= 0.6 is 11.8 Å². The van der Waals surface area contributed by atoms with Crippen molar-refractivity contribution in [3.05, 3.63) is 54.6 Å². The lowest BCUT2D eigenvalue weighted by molar-refractivity contribution is -0.122. The van der Waals surface area contributed by atoms with E-state index < -0.39 is 5.25 Å². The number of benzene rings is 2. The molecule has 3 rings (SSSR count). The predicted octanol–water partition coefficient (Wildman–Crippen LogP) is 3.81. The van der Waals surface area contributed by atoms with Crippen LogP contribution < -0.4 is 15.4 Å². The molecule has 1 aliphatic rings. The molecule has 1 atom stereocenters. The van der Waals surface area contributed by atoms with Gasteiger partial charge in [0.05, 0.1) is 0 Å². The predicted molar refractivity (Wildman–Crippen MR) is 108 cm³/mol. The van der Waals surface area contributed by atoms with Crippen molar-refractivity contribution in [2.75, 3.05) is 11.9 Å². The Morgan fingerprint density at radius 3 is 2.56 bits per heavy atom. The van der Waals surface area contributed by atoms with Crippen molar-refractivity contribution in [2.45, 2.75) is 25.0 Å². The number of para-hydroxylation sites is 1. The highest BCUT2D eigenvalue weighted by molar-refractivity contribution is 8.15. The summed E-state index contributed by atoms with van der Waals surface area (Å²) in [6, 6.07) is 16.6. The number of hydrogen-bond donors (Lipinski definition) is 2. The van der Waals surface area contributed by atoms with Gasteiger partial charge >= 0.3 is 0 Å². The summed E-state index contributed by atoms with van der Waals surface area (Å²) in [5, 5.41) is 5.68. The number of anilines is 1. The van der Waals surface area contributed by atoms with Gasteiger partial charge in [0.25, 0.3) is 0 Å². The first-order chi connectivity index (χ1) is 13.1. The molecule has 0 bridgehead atoms. The van der Waals surface area contributed by atoms with Crippen molar-refractivity contribution >= 4 is 34.4 Å². The van der Waals surface area contributed by atoms with Crippen molar-refractivity contribution in [1.29, 1.82) is 0 Å². The number of carbonyl (C=O) groups excluding carboxylic acids is 2. The third-order valence-electron chi connectivity index (χ3n) is 3.74. The second-order valence-electron chi connectivity index (χ2n) is 5.97. The molecule has 2 aromatic rings. The van der Waals surface area contributed by atoms with Crippen LogP contribution in [0, 0.1) is 0 Å². The Labute approximate surface area is 162 Å². The average Bonchev–Trinajstić information content (AvgIpc) is 3.02. The number of nitrogens with one attached hydrogen (secondary N) is 2. The number of amidine groups is 1. The molecule has 0 unspecified atom stereocenters. The van der Waals surface area contributed by atoms with Gasteiger partial charge in [-0.05, 0) is 42.8 Å². The van der Waals surface area contributed by atoms with Crippen molar-refractivity contribution < 1.29 is 14.3 Å². The summed E-state index contributed by atoms with van der Waals surface area (Å²) in [4.78, 5) is 28.5. The molecule has 27 heavy (non-hydrogen) atoms. The summed E-state index contributed by atoms with van der Waals surface area (Å²) < 4.78 is 5.72. The zero-order valence-electron chi connectivity index (χ0n) is 15.0. The van der Waals surface area contributed by atoms with Crippen LogP contribution in [0.4, 0.5) is 5.69 Å². The van der Waals surface area contributed by atoms with Gasteiger partial charge < -0.3 is 15.4 Å². The van der Waals surface area contributed by atoms with Crippen LogP contribution in [0.2, 0.25) is 0 Å². The summed E-state index contributed by atoms with van der Waals surface area (Å²) in [6.07, 6.45) is 1.01. The van der Waals surface area contributed by atoms with Crippen molar-refractivity contribution in [1.82, 2.24) is 5.32 Å². The Bertz CT molecular complexity index is 822. The number of thioether (sulfide) groups is 1. The number of carbonyl (C=O) groups is 2. The summed E-state index contributed by atoms with van der Waals surface area (Å²) in [5.74, 6) is 1.05. The van der Waals surface area contributed by atoms with Gasteiger partial charge in [-0.1, -0.05) is 36.9 Å². The summed E-state index contributed by atoms with van der Waals surface area (Å²) in [5.41, 5.74) is 0.656. The second kappa shape index (κ2) is 9.23. The van der Waals surface area contributed by atoms with Crippen LogP contribution in [0.25, 0.3) is 0 Å². The first-order valence-electron chi connectivity index (χ1n) is 8.79. The molecular formula is C20H21N3O3S. The van der Waals surface area contributed by atoms with Gasteiger partial charge in [0.1, 0.15) is 16.7 Å². The van der Waals surface area contributed by atoms with E-state index in [1.165, 1.54) is 11.8 Å². The molecule has 140 valence electrons. The molecule has 1 fully saturated rings. The zero-order chi connectivity index (χ0) is 19.1. The molecule has 1 aliphatic heterocycles. The normalized spacial score (nSPS) is 17.6. The Hall–Kier alpha value is -2.80. The van der Waals surface area contributed by atoms with E-state index in [2.05, 4.69) is 15.6 Å². The van der Waals surface area contributed by atoms with Crippen LogP contribution in [0.5, 0.6) is 11.5 Å². The van der Waals surface area contributed by atoms with E-state index in [9.17, 15) is 9.59 Å². The van der Waals surface area contributed by atoms with Gasteiger partial charge in [-0.25, -0.2) is 0 Å². The number of nitrogens with zero attached hydrogens (tertiary/aromatic N) is 1. The summed E-state index contributed by atoms with van der Waals surface area (Å²) >= 11 is 1.31. The highest BCUT2D eigenvalue weighted by atomic mass is 32.2. The molecule has 0 aliphatic carbocycles. The van der Waals surface area contributed by atoms with Gasteiger partial charge in [0.2, 0.25) is 11.8 Å². The lowest BCUT2D eigenvalue weighted by Gasteiger charge is -2.09. The maximum absolute atomic E-state index is 12.2. The van der Waals surface area contributed by atoms with Crippen molar-refractivity contribution in [2.24, 2.45) is 4.99 Å². The molecule has 0 saturated carbocycles. The molecule has 1 heterocycles. The monoisotopic (exact) mass is 383 g/mol. The highest BCUT2D eigenvalue weighted by Crippen LogP contribution is 2.25. The van der Waals surface area contributed by atoms with E-state index in [4.69, 9.17) is 4.74 Å². The minimum atomic E-state index is -0.443. The van der Waals surface area contributed by atoms with Gasteiger partial charge in [0, 0.05) is 18.7 Å². The molecule has 2 amide bonds. The zero-order valence-corrected chi connectivity index (χ0v) is 15.8. The van der Waals surface area contributed by atoms with Crippen molar-refractivity contribution in [3.8, 4) is 11.5 Å². The van der Waals surface area contributed by atoms with E-state index in [-0.39, 0.29) is 18.2 Å². The maximum Gasteiger partial charge on any atom is 0.240 e. The molecule has 1 saturated heterocycles. The van der Waals surface area contributed by atoms with Crippen LogP contribution in [-0.2, 0) is 9.59 Å². The third-order valence-corrected chi connectivity index (χ3v) is 4.86. The SMILES string of the molecule is CCCN=C1NC(=O)[C@H](CC(=O)Nc2ccc(Oc3ccccc3)cc2)S1. The number of ether oxygens (including phenoxy) is 1. The Balaban J connectivity index is 1.51. The van der Waals surface area contributed by atoms with Crippen LogP contribution in [0.3, 0.4) is 0 Å². The van der Waals surface area contributed by atoms with E-state index in [1.54, 1.807) is 24.3 Å². The Morgan fingerprint density at radius 2 is 1.85 bits per heavy atom. The van der Waals surface area contributed by atoms with Crippen LogP contribution in [0.1, 0.15) is 19.8 Å². The van der Waals surface area contributed by atoms with Crippen LogP contribution in [-0.4, -0.2) is 28.8 Å². The molecule has 0 spiro atoms. The van der Waals surface area contributed by atoms with E-state index >= 15 is 0 Å².